The molecule has 3 N–H and O–H groups in total. The summed E-state index contributed by atoms with van der Waals surface area (Å²) in [7, 11) is 0. The van der Waals surface area contributed by atoms with Crippen molar-refractivity contribution in [2.24, 2.45) is 0 Å². The molecule has 0 saturated heterocycles. The summed E-state index contributed by atoms with van der Waals surface area (Å²) >= 11 is 0. The highest BCUT2D eigenvalue weighted by atomic mass is 16.5. The molecule has 0 aliphatic heterocycles. The summed E-state index contributed by atoms with van der Waals surface area (Å²) in [6.07, 6.45) is 2.00. The minimum absolute atomic E-state index is 0.204. The van der Waals surface area contributed by atoms with Crippen molar-refractivity contribution < 1.29 is 9.53 Å². The molecule has 0 bridgehead atoms. The monoisotopic (exact) mass is 387 g/mol. The molecule has 29 heavy (non-hydrogen) atoms. The molecule has 2 aromatic carbocycles. The van der Waals surface area contributed by atoms with E-state index < -0.39 is 0 Å². The van der Waals surface area contributed by atoms with Crippen LogP contribution in [0.3, 0.4) is 0 Å². The molecule has 4 aromatic rings. The highest BCUT2D eigenvalue weighted by Crippen LogP contribution is 2.32. The molecule has 1 aliphatic rings. The average Bonchev–Trinajstić information content (AvgIpc) is 3.49. The number of hydrogen-bond acceptors (Lipinski definition) is 5. The van der Waals surface area contributed by atoms with Gasteiger partial charge in [0.2, 0.25) is 0 Å². The summed E-state index contributed by atoms with van der Waals surface area (Å²) < 4.78 is 7.32. The Labute approximate surface area is 167 Å². The van der Waals surface area contributed by atoms with Gasteiger partial charge < -0.3 is 15.8 Å². The Morgan fingerprint density at radius 1 is 1.14 bits per heavy atom. The second kappa shape index (κ2) is 6.77. The maximum Gasteiger partial charge on any atom is 0.257 e. The number of nitrogens with one attached hydrogen (secondary N) is 1. The molecule has 1 saturated carbocycles. The Kier molecular flexibility index (Phi) is 4.08. The molecule has 0 unspecified atom stereocenters. The van der Waals surface area contributed by atoms with Gasteiger partial charge in [0, 0.05) is 11.7 Å². The van der Waals surface area contributed by atoms with Crippen LogP contribution >= 0.6 is 0 Å². The van der Waals surface area contributed by atoms with E-state index in [1.54, 1.807) is 4.57 Å². The SMILES string of the molecule is CCOc1ccc(-n2c(N)c(C(=O)NC3CC3)c3nc4ccccc4nc32)cc1. The van der Waals surface area contributed by atoms with E-state index in [0.717, 1.165) is 35.3 Å². The van der Waals surface area contributed by atoms with E-state index in [4.69, 9.17) is 20.4 Å². The summed E-state index contributed by atoms with van der Waals surface area (Å²) in [5.41, 5.74) is 10.2. The lowest BCUT2D eigenvalue weighted by molar-refractivity contribution is 0.0953. The normalized spacial score (nSPS) is 13.7. The lowest BCUT2D eigenvalue weighted by Crippen LogP contribution is -2.26. The van der Waals surface area contributed by atoms with Gasteiger partial charge >= 0.3 is 0 Å². The van der Waals surface area contributed by atoms with E-state index in [0.29, 0.717) is 29.2 Å². The van der Waals surface area contributed by atoms with E-state index in [9.17, 15) is 4.79 Å². The Morgan fingerprint density at radius 3 is 2.48 bits per heavy atom. The maximum atomic E-state index is 13.0. The van der Waals surface area contributed by atoms with Crippen molar-refractivity contribution in [3.63, 3.8) is 0 Å². The van der Waals surface area contributed by atoms with Gasteiger partial charge in [-0.15, -0.1) is 0 Å². The third-order valence-electron chi connectivity index (χ3n) is 5.04. The third-order valence-corrected chi connectivity index (χ3v) is 5.04. The zero-order chi connectivity index (χ0) is 20.0. The molecule has 2 aromatic heterocycles. The van der Waals surface area contributed by atoms with Crippen LogP contribution in [0.2, 0.25) is 0 Å². The van der Waals surface area contributed by atoms with Crippen LogP contribution in [0.15, 0.2) is 48.5 Å². The number of para-hydroxylation sites is 2. The van der Waals surface area contributed by atoms with Crippen molar-refractivity contribution in [3.8, 4) is 11.4 Å². The molecular formula is C22H21N5O2. The maximum absolute atomic E-state index is 13.0. The lowest BCUT2D eigenvalue weighted by Gasteiger charge is -2.09. The van der Waals surface area contributed by atoms with Crippen molar-refractivity contribution in [1.82, 2.24) is 19.9 Å². The topological polar surface area (TPSA) is 95.1 Å². The molecule has 1 amide bonds. The van der Waals surface area contributed by atoms with Crippen LogP contribution in [0.5, 0.6) is 5.75 Å². The molecule has 2 heterocycles. The van der Waals surface area contributed by atoms with Gasteiger partial charge in [0.15, 0.2) is 5.65 Å². The molecule has 0 atom stereocenters. The number of ether oxygens (including phenoxy) is 1. The van der Waals surface area contributed by atoms with Crippen LogP contribution in [-0.4, -0.2) is 33.1 Å². The molecule has 0 spiro atoms. The summed E-state index contributed by atoms with van der Waals surface area (Å²) in [6.45, 7) is 2.54. The first-order chi connectivity index (χ1) is 14.2. The van der Waals surface area contributed by atoms with Crippen LogP contribution < -0.4 is 15.8 Å². The smallest absolute Gasteiger partial charge is 0.257 e. The van der Waals surface area contributed by atoms with Gasteiger partial charge in [-0.1, -0.05) is 12.1 Å². The predicted octanol–water partition coefficient (Wildman–Crippen LogP) is 3.45. The zero-order valence-corrected chi connectivity index (χ0v) is 16.1. The summed E-state index contributed by atoms with van der Waals surface area (Å²) in [4.78, 5) is 22.5. The van der Waals surface area contributed by atoms with Crippen LogP contribution in [0.25, 0.3) is 27.9 Å². The van der Waals surface area contributed by atoms with Gasteiger partial charge in [-0.3, -0.25) is 9.36 Å². The number of aromatic nitrogens is 3. The number of fused-ring (bicyclic) bond motifs is 2. The Bertz CT molecular complexity index is 1230. The highest BCUT2D eigenvalue weighted by Gasteiger charge is 2.29. The summed E-state index contributed by atoms with van der Waals surface area (Å²) in [5.74, 6) is 0.899. The second-order valence-corrected chi connectivity index (χ2v) is 7.15. The van der Waals surface area contributed by atoms with Crippen molar-refractivity contribution in [2.45, 2.75) is 25.8 Å². The molecule has 5 rings (SSSR count). The Balaban J connectivity index is 1.74. The number of nitrogens with zero attached hydrogens (tertiary/aromatic N) is 3. The number of nitrogen functional groups attached to an aromatic ring is 1. The average molecular weight is 387 g/mol. The number of hydrogen-bond donors (Lipinski definition) is 2. The molecule has 1 fully saturated rings. The molecule has 7 heteroatoms. The number of nitrogens with two attached hydrogens (primary N) is 1. The zero-order valence-electron chi connectivity index (χ0n) is 16.1. The number of amides is 1. The molecule has 1 aliphatic carbocycles. The first-order valence-electron chi connectivity index (χ1n) is 9.76. The minimum atomic E-state index is -0.204. The predicted molar refractivity (Wildman–Crippen MR) is 112 cm³/mol. The molecule has 0 radical (unpaired) electrons. The van der Waals surface area contributed by atoms with Crippen LogP contribution in [0, 0.1) is 0 Å². The van der Waals surface area contributed by atoms with Crippen molar-refractivity contribution in [2.75, 3.05) is 12.3 Å². The first-order valence-corrected chi connectivity index (χ1v) is 9.76. The minimum Gasteiger partial charge on any atom is -0.494 e. The standard InChI is InChI=1S/C22H21N5O2/c1-2-29-15-11-9-14(10-12-15)27-20(23)18(22(28)24-13-7-8-13)19-21(27)26-17-6-4-3-5-16(17)25-19/h3-6,9-13H,2,7-8,23H2,1H3,(H,24,28). The third kappa shape index (κ3) is 3.04. The fourth-order valence-electron chi connectivity index (χ4n) is 3.49. The number of carbonyl (C=O) groups is 1. The van der Waals surface area contributed by atoms with Crippen LogP contribution in [0.4, 0.5) is 5.82 Å². The van der Waals surface area contributed by atoms with Gasteiger partial charge in [-0.2, -0.15) is 0 Å². The van der Waals surface area contributed by atoms with Crippen molar-refractivity contribution in [3.05, 3.63) is 54.1 Å². The fraction of sp³-hybridized carbons (Fsp3) is 0.227. The summed E-state index contributed by atoms with van der Waals surface area (Å²) in [5, 5.41) is 3.02. The van der Waals surface area contributed by atoms with Crippen molar-refractivity contribution in [1.29, 1.82) is 0 Å². The summed E-state index contributed by atoms with van der Waals surface area (Å²) in [6, 6.07) is 15.4. The van der Waals surface area contributed by atoms with Gasteiger partial charge in [-0.05, 0) is 56.2 Å². The van der Waals surface area contributed by atoms with Gasteiger partial charge in [0.25, 0.3) is 5.91 Å². The van der Waals surface area contributed by atoms with E-state index in [1.165, 1.54) is 0 Å². The van der Waals surface area contributed by atoms with Gasteiger partial charge in [0.05, 0.1) is 17.6 Å². The fourth-order valence-corrected chi connectivity index (χ4v) is 3.49. The van der Waals surface area contributed by atoms with Gasteiger partial charge in [-0.25, -0.2) is 9.97 Å². The van der Waals surface area contributed by atoms with E-state index in [1.807, 2.05) is 55.5 Å². The van der Waals surface area contributed by atoms with Crippen molar-refractivity contribution >= 4 is 33.9 Å². The quantitative estimate of drug-likeness (QED) is 0.547. The Hall–Kier alpha value is -3.61. The number of carbonyl (C=O) groups excluding carboxylic acids is 1. The Morgan fingerprint density at radius 2 is 1.83 bits per heavy atom. The number of anilines is 1. The molecule has 7 nitrogen and oxygen atoms in total. The van der Waals surface area contributed by atoms with E-state index in [2.05, 4.69) is 5.32 Å². The number of rotatable bonds is 5. The highest BCUT2D eigenvalue weighted by molar-refractivity contribution is 6.11. The largest absolute Gasteiger partial charge is 0.494 e. The number of benzene rings is 2. The van der Waals surface area contributed by atoms with E-state index >= 15 is 0 Å². The van der Waals surface area contributed by atoms with Crippen LogP contribution in [-0.2, 0) is 0 Å². The second-order valence-electron chi connectivity index (χ2n) is 7.15. The first kappa shape index (κ1) is 17.5. The molecule has 146 valence electrons. The van der Waals surface area contributed by atoms with E-state index in [-0.39, 0.29) is 11.9 Å². The van der Waals surface area contributed by atoms with Gasteiger partial charge in [0.1, 0.15) is 22.6 Å². The lowest BCUT2D eigenvalue weighted by atomic mass is 10.2. The molecular weight excluding hydrogens is 366 g/mol. The van der Waals surface area contributed by atoms with Crippen LogP contribution in [0.1, 0.15) is 30.1 Å².